The van der Waals surface area contributed by atoms with Gasteiger partial charge in [-0.15, -0.1) is 0 Å². The Morgan fingerprint density at radius 3 is 1.65 bits per heavy atom. The van der Waals surface area contributed by atoms with Crippen LogP contribution in [0.5, 0.6) is 0 Å². The Balaban J connectivity index is -0.000000312. The van der Waals surface area contributed by atoms with Gasteiger partial charge in [0.25, 0.3) is 6.47 Å². The Morgan fingerprint density at radius 2 is 1.10 bits per heavy atom. The van der Waals surface area contributed by atoms with Crippen molar-refractivity contribution in [3.8, 4) is 0 Å². The second kappa shape index (κ2) is 44.1. The third kappa shape index (κ3) is 42.2. The van der Waals surface area contributed by atoms with Crippen LogP contribution in [-0.2, 0) is 54.5 Å². The quantitative estimate of drug-likeness (QED) is 0.0168. The second-order valence-corrected chi connectivity index (χ2v) is 11.7. The van der Waals surface area contributed by atoms with E-state index in [9.17, 15) is 19.2 Å². The number of ketones is 1. The maximum Gasteiger partial charge on any atom is 0.305 e. The van der Waals surface area contributed by atoms with Gasteiger partial charge < -0.3 is 34.6 Å². The molecule has 0 aromatic rings. The summed E-state index contributed by atoms with van der Waals surface area (Å²) in [5.74, 6) is -0.396. The third-order valence-corrected chi connectivity index (χ3v) is 7.02. The molecule has 0 aromatic carbocycles. The van der Waals surface area contributed by atoms with Crippen molar-refractivity contribution < 1.29 is 74.9 Å². The van der Waals surface area contributed by atoms with Crippen LogP contribution in [0, 0.1) is 5.41 Å². The Morgan fingerprint density at radius 1 is 0.592 bits per heavy atom. The van der Waals surface area contributed by atoms with Gasteiger partial charge in [0, 0.05) is 46.9 Å². The van der Waals surface area contributed by atoms with E-state index < -0.39 is 25.2 Å². The van der Waals surface area contributed by atoms with Crippen LogP contribution < -0.4 is 0 Å². The van der Waals surface area contributed by atoms with Gasteiger partial charge >= 0.3 is 11.9 Å². The Bertz CT molecular complexity index is 791. The molecular formula is C37H68O11W. The fourth-order valence-corrected chi connectivity index (χ4v) is 3.68. The predicted molar refractivity (Wildman–Crippen MR) is 188 cm³/mol. The molecule has 0 atom stereocenters. The van der Waals surface area contributed by atoms with Crippen LogP contribution in [0.1, 0.15) is 136 Å². The third-order valence-electron chi connectivity index (χ3n) is 7.02. The first-order valence-electron chi connectivity index (χ1n) is 17.9. The second-order valence-electron chi connectivity index (χ2n) is 11.7. The van der Waals surface area contributed by atoms with Crippen LogP contribution in [0.25, 0.3) is 0 Å². The van der Waals surface area contributed by atoms with E-state index in [-0.39, 0.29) is 52.0 Å². The number of allylic oxidation sites excluding steroid dienone is 4. The number of unbranched alkanes of at least 4 members (excludes halogenated alkanes) is 9. The average molecular weight is 873 g/mol. The molecule has 0 radical (unpaired) electrons. The minimum absolute atomic E-state index is 0. The Labute approximate surface area is 310 Å². The molecule has 0 spiro atoms. The van der Waals surface area contributed by atoms with E-state index in [0.717, 1.165) is 57.8 Å². The standard InChI is InChI=1S/C15H26O4.C11H22O5.C11H20O2.W/c1-2-3-9-14(17)10-5-4-8-13-19-15(18)11-6-7-12-16;1-2-3-4-5-10(15)16-9-11(6-12,7-13)8-14;1-2-3-4-5-6-7-8-9-10-13-11-12;/h5,10,16H,2-4,6-9,11-13H2,1H3;12-14H,2-9H2,1H3;6-7,11H,2-5,8-10H2,1H3;/b10-5+;;7-6-;. The van der Waals surface area contributed by atoms with Gasteiger partial charge in [0.2, 0.25) is 0 Å². The number of esters is 2. The van der Waals surface area contributed by atoms with Gasteiger partial charge in [-0.1, -0.05) is 71.1 Å². The van der Waals surface area contributed by atoms with Gasteiger partial charge in [-0.25, -0.2) is 0 Å². The predicted octanol–water partition coefficient (Wildman–Crippen LogP) is 5.93. The molecule has 0 saturated carbocycles. The Hall–Kier alpha value is -1.91. The average Bonchev–Trinajstić information content (AvgIpc) is 3.10. The molecule has 0 saturated heterocycles. The summed E-state index contributed by atoms with van der Waals surface area (Å²) in [6.45, 7) is 6.48. The maximum absolute atomic E-state index is 11.3. The summed E-state index contributed by atoms with van der Waals surface area (Å²) in [6.07, 6.45) is 23.7. The molecule has 0 aliphatic rings. The molecule has 49 heavy (non-hydrogen) atoms. The molecule has 0 aliphatic heterocycles. The van der Waals surface area contributed by atoms with Crippen molar-refractivity contribution in [2.24, 2.45) is 5.41 Å². The van der Waals surface area contributed by atoms with Crippen molar-refractivity contribution in [1.82, 2.24) is 0 Å². The molecule has 0 fully saturated rings. The first-order valence-corrected chi connectivity index (χ1v) is 17.9. The zero-order valence-electron chi connectivity index (χ0n) is 30.6. The summed E-state index contributed by atoms with van der Waals surface area (Å²) in [4.78, 5) is 43.5. The van der Waals surface area contributed by atoms with E-state index in [0.29, 0.717) is 51.8 Å². The SMILES string of the molecule is CCCCC(=O)/C=C/CCCOC(=O)CCCCO.CCCCC/C=C\CCCOC=O.CCCCCC(=O)OCC(CO)(CO)CO.[W]. The first-order chi connectivity index (χ1) is 23.3. The van der Waals surface area contributed by atoms with Crippen molar-refractivity contribution in [2.45, 2.75) is 136 Å². The molecule has 4 N–H and O–H groups in total. The van der Waals surface area contributed by atoms with Crippen molar-refractivity contribution in [2.75, 3.05) is 46.2 Å². The monoisotopic (exact) mass is 872 g/mol. The molecule has 0 heterocycles. The van der Waals surface area contributed by atoms with E-state index in [1.165, 1.54) is 25.7 Å². The summed E-state index contributed by atoms with van der Waals surface area (Å²) >= 11 is 0. The largest absolute Gasteiger partial charge is 0.468 e. The number of aliphatic hydroxyl groups is 4. The van der Waals surface area contributed by atoms with Gasteiger partial charge in [0.1, 0.15) is 6.61 Å². The minimum Gasteiger partial charge on any atom is -0.468 e. The summed E-state index contributed by atoms with van der Waals surface area (Å²) in [6, 6.07) is 0. The molecular weight excluding hydrogens is 804 g/mol. The number of hydrogen-bond donors (Lipinski definition) is 4. The molecule has 288 valence electrons. The molecule has 0 rings (SSSR count). The number of hydrogen-bond acceptors (Lipinski definition) is 11. The van der Waals surface area contributed by atoms with E-state index >= 15 is 0 Å². The van der Waals surface area contributed by atoms with Crippen LogP contribution in [0.2, 0.25) is 0 Å². The van der Waals surface area contributed by atoms with Crippen LogP contribution in [-0.4, -0.2) is 90.9 Å². The van der Waals surface area contributed by atoms with Gasteiger partial charge in [0.05, 0.1) is 38.4 Å². The summed E-state index contributed by atoms with van der Waals surface area (Å²) < 4.78 is 14.5. The number of carbonyl (C=O) groups is 4. The van der Waals surface area contributed by atoms with Gasteiger partial charge in [-0.3, -0.25) is 19.2 Å². The van der Waals surface area contributed by atoms with E-state index in [1.807, 2.05) is 13.0 Å². The van der Waals surface area contributed by atoms with Gasteiger partial charge in [-0.2, -0.15) is 0 Å². The molecule has 0 bridgehead atoms. The van der Waals surface area contributed by atoms with Crippen LogP contribution in [0.15, 0.2) is 24.3 Å². The summed E-state index contributed by atoms with van der Waals surface area (Å²) in [5, 5.41) is 35.5. The molecule has 12 heteroatoms. The number of ether oxygens (including phenoxy) is 3. The smallest absolute Gasteiger partial charge is 0.305 e. The molecule has 11 nitrogen and oxygen atoms in total. The van der Waals surface area contributed by atoms with Gasteiger partial charge in [-0.05, 0) is 70.3 Å². The van der Waals surface area contributed by atoms with E-state index in [2.05, 4.69) is 30.7 Å². The first kappa shape index (κ1) is 53.9. The molecule has 0 aliphatic carbocycles. The van der Waals surface area contributed by atoms with Crippen LogP contribution >= 0.6 is 0 Å². The fraction of sp³-hybridized carbons (Fsp3) is 0.784. The number of carbonyl (C=O) groups excluding carboxylic acids is 4. The summed E-state index contributed by atoms with van der Waals surface area (Å²) in [7, 11) is 0. The fourth-order valence-electron chi connectivity index (χ4n) is 3.68. The maximum atomic E-state index is 11.3. The zero-order valence-corrected chi connectivity index (χ0v) is 33.6. The van der Waals surface area contributed by atoms with Crippen molar-refractivity contribution >= 4 is 24.2 Å². The molecule has 0 amide bonds. The number of aliphatic hydroxyl groups excluding tert-OH is 4. The van der Waals surface area contributed by atoms with E-state index in [1.54, 1.807) is 6.08 Å². The summed E-state index contributed by atoms with van der Waals surface area (Å²) in [5.41, 5.74) is -1.12. The van der Waals surface area contributed by atoms with Gasteiger partial charge in [0.15, 0.2) is 5.78 Å². The number of rotatable bonds is 30. The molecule has 0 aromatic heterocycles. The van der Waals surface area contributed by atoms with E-state index in [4.69, 9.17) is 29.9 Å². The normalized spacial score (nSPS) is 10.8. The Kier molecular flexibility index (Phi) is 48.5. The topological polar surface area (TPSA) is 177 Å². The van der Waals surface area contributed by atoms with Crippen molar-refractivity contribution in [3.63, 3.8) is 0 Å². The molecule has 0 unspecified atom stereocenters. The minimum atomic E-state index is -1.12. The van der Waals surface area contributed by atoms with Crippen LogP contribution in [0.3, 0.4) is 0 Å². The van der Waals surface area contributed by atoms with Crippen LogP contribution in [0.4, 0.5) is 0 Å². The zero-order chi connectivity index (χ0) is 36.6. The van der Waals surface area contributed by atoms with Crippen molar-refractivity contribution in [3.05, 3.63) is 24.3 Å². The van der Waals surface area contributed by atoms with Crippen molar-refractivity contribution in [1.29, 1.82) is 0 Å².